The first-order chi connectivity index (χ1) is 10.7. The van der Waals surface area contributed by atoms with Gasteiger partial charge in [0, 0.05) is 18.4 Å². The number of carbonyl (C=O) groups is 1. The van der Waals surface area contributed by atoms with E-state index in [1.54, 1.807) is 30.3 Å². The molecule has 5 heteroatoms. The Balaban J connectivity index is 1.97. The van der Waals surface area contributed by atoms with Crippen molar-refractivity contribution in [2.45, 2.75) is 6.92 Å². The molecule has 0 unspecified atom stereocenters. The zero-order valence-corrected chi connectivity index (χ0v) is 12.5. The number of ether oxygens (including phenoxy) is 1. The molecule has 22 heavy (non-hydrogen) atoms. The number of pyridine rings is 1. The highest BCUT2D eigenvalue weighted by atomic mass is 16.5. The Morgan fingerprint density at radius 3 is 2.64 bits per heavy atom. The van der Waals surface area contributed by atoms with Crippen LogP contribution in [0.25, 0.3) is 0 Å². The molecule has 0 atom stereocenters. The summed E-state index contributed by atoms with van der Waals surface area (Å²) in [5.41, 5.74) is 1.21. The van der Waals surface area contributed by atoms with Gasteiger partial charge in [-0.05, 0) is 43.3 Å². The summed E-state index contributed by atoms with van der Waals surface area (Å²) >= 11 is 0. The maximum absolute atomic E-state index is 12.1. The van der Waals surface area contributed by atoms with Crippen LogP contribution in [0.1, 0.15) is 17.3 Å². The van der Waals surface area contributed by atoms with Gasteiger partial charge in [0.2, 0.25) is 0 Å². The molecule has 0 spiro atoms. The van der Waals surface area contributed by atoms with Crippen LogP contribution in [0.5, 0.6) is 5.75 Å². The van der Waals surface area contributed by atoms with Gasteiger partial charge in [-0.25, -0.2) is 4.98 Å². The summed E-state index contributed by atoms with van der Waals surface area (Å²) in [6, 6.07) is 10.7. The summed E-state index contributed by atoms with van der Waals surface area (Å²) in [5.74, 6) is 1.28. The van der Waals surface area contributed by atoms with E-state index < -0.39 is 0 Å². The highest BCUT2D eigenvalue weighted by Crippen LogP contribution is 2.16. The molecular weight excluding hydrogens is 278 g/mol. The third kappa shape index (κ3) is 4.34. The van der Waals surface area contributed by atoms with Crippen LogP contribution >= 0.6 is 0 Å². The summed E-state index contributed by atoms with van der Waals surface area (Å²) in [7, 11) is 0. The Morgan fingerprint density at radius 1 is 1.27 bits per heavy atom. The highest BCUT2D eigenvalue weighted by molar-refractivity contribution is 6.04. The van der Waals surface area contributed by atoms with Crippen molar-refractivity contribution < 1.29 is 9.53 Å². The number of nitrogens with zero attached hydrogens (tertiary/aromatic N) is 1. The fraction of sp³-hybridized carbons (Fsp3) is 0.176. The fourth-order valence-corrected chi connectivity index (χ4v) is 1.81. The minimum atomic E-state index is -0.202. The molecule has 1 aromatic carbocycles. The Kier molecular flexibility index (Phi) is 5.54. The van der Waals surface area contributed by atoms with E-state index in [0.717, 1.165) is 5.75 Å². The lowest BCUT2D eigenvalue weighted by atomic mass is 10.2. The van der Waals surface area contributed by atoms with Crippen LogP contribution < -0.4 is 15.4 Å². The van der Waals surface area contributed by atoms with Crippen LogP contribution in [-0.4, -0.2) is 24.0 Å². The molecule has 0 aliphatic rings. The maximum Gasteiger partial charge on any atom is 0.257 e. The first kappa shape index (κ1) is 15.6. The van der Waals surface area contributed by atoms with E-state index in [1.807, 2.05) is 19.1 Å². The van der Waals surface area contributed by atoms with Crippen molar-refractivity contribution in [1.29, 1.82) is 0 Å². The lowest BCUT2D eigenvalue weighted by molar-refractivity contribution is 0.102. The molecule has 1 amide bonds. The standard InChI is InChI=1S/C17H19N3O2/c1-3-11-18-16-10-5-13(12-19-16)17(21)20-14-6-8-15(9-7-14)22-4-2/h3,5-10,12H,1,4,11H2,2H3,(H,18,19)(H,20,21). The number of amides is 1. The number of nitrogens with one attached hydrogen (secondary N) is 2. The lowest BCUT2D eigenvalue weighted by Crippen LogP contribution is -2.12. The number of anilines is 2. The van der Waals surface area contributed by atoms with Gasteiger partial charge in [0.05, 0.1) is 12.2 Å². The summed E-state index contributed by atoms with van der Waals surface area (Å²) < 4.78 is 5.36. The van der Waals surface area contributed by atoms with E-state index in [4.69, 9.17) is 4.74 Å². The summed E-state index contributed by atoms with van der Waals surface area (Å²) in [6.07, 6.45) is 3.28. The van der Waals surface area contributed by atoms with Crippen molar-refractivity contribution >= 4 is 17.4 Å². The lowest BCUT2D eigenvalue weighted by Gasteiger charge is -2.08. The van der Waals surface area contributed by atoms with E-state index in [2.05, 4.69) is 22.2 Å². The van der Waals surface area contributed by atoms with Crippen LogP contribution in [-0.2, 0) is 0 Å². The molecule has 5 nitrogen and oxygen atoms in total. The van der Waals surface area contributed by atoms with E-state index in [0.29, 0.717) is 30.2 Å². The molecule has 0 bridgehead atoms. The molecule has 0 aliphatic heterocycles. The van der Waals surface area contributed by atoms with Gasteiger partial charge in [0.25, 0.3) is 5.91 Å². The van der Waals surface area contributed by atoms with Crippen molar-refractivity contribution in [3.8, 4) is 5.75 Å². The van der Waals surface area contributed by atoms with Gasteiger partial charge >= 0.3 is 0 Å². The Hall–Kier alpha value is -2.82. The van der Waals surface area contributed by atoms with Gasteiger partial charge in [0.15, 0.2) is 0 Å². The van der Waals surface area contributed by atoms with Crippen LogP contribution in [0.2, 0.25) is 0 Å². The SMILES string of the molecule is C=CCNc1ccc(C(=O)Nc2ccc(OCC)cc2)cn1. The summed E-state index contributed by atoms with van der Waals surface area (Å²) in [4.78, 5) is 16.3. The predicted molar refractivity (Wildman–Crippen MR) is 88.5 cm³/mol. The van der Waals surface area contributed by atoms with E-state index in [9.17, 15) is 4.79 Å². The zero-order chi connectivity index (χ0) is 15.8. The normalized spacial score (nSPS) is 9.86. The van der Waals surface area contributed by atoms with E-state index in [1.165, 1.54) is 6.20 Å². The molecule has 1 aromatic heterocycles. The van der Waals surface area contributed by atoms with Crippen molar-refractivity contribution in [2.75, 3.05) is 23.8 Å². The predicted octanol–water partition coefficient (Wildman–Crippen LogP) is 3.33. The van der Waals surface area contributed by atoms with Gasteiger partial charge in [-0.1, -0.05) is 6.08 Å². The minimum absolute atomic E-state index is 0.202. The molecule has 0 fully saturated rings. The van der Waals surface area contributed by atoms with Crippen molar-refractivity contribution in [3.63, 3.8) is 0 Å². The molecule has 114 valence electrons. The van der Waals surface area contributed by atoms with Gasteiger partial charge in [-0.15, -0.1) is 6.58 Å². The van der Waals surface area contributed by atoms with Crippen LogP contribution in [0.3, 0.4) is 0 Å². The van der Waals surface area contributed by atoms with Gasteiger partial charge in [-0.3, -0.25) is 4.79 Å². The molecule has 2 aromatic rings. The Morgan fingerprint density at radius 2 is 2.05 bits per heavy atom. The van der Waals surface area contributed by atoms with Gasteiger partial charge in [-0.2, -0.15) is 0 Å². The topological polar surface area (TPSA) is 63.2 Å². The number of hydrogen-bond acceptors (Lipinski definition) is 4. The van der Waals surface area contributed by atoms with Crippen molar-refractivity contribution in [3.05, 3.63) is 60.8 Å². The second-order valence-corrected chi connectivity index (χ2v) is 4.51. The maximum atomic E-state index is 12.1. The smallest absolute Gasteiger partial charge is 0.257 e. The first-order valence-electron chi connectivity index (χ1n) is 7.08. The average Bonchev–Trinajstić information content (AvgIpc) is 2.55. The third-order valence-corrected chi connectivity index (χ3v) is 2.88. The molecule has 0 aliphatic carbocycles. The highest BCUT2D eigenvalue weighted by Gasteiger charge is 2.06. The average molecular weight is 297 g/mol. The number of benzene rings is 1. The fourth-order valence-electron chi connectivity index (χ4n) is 1.81. The largest absolute Gasteiger partial charge is 0.494 e. The minimum Gasteiger partial charge on any atom is -0.494 e. The van der Waals surface area contributed by atoms with E-state index >= 15 is 0 Å². The summed E-state index contributed by atoms with van der Waals surface area (Å²) in [6.45, 7) is 6.79. The molecule has 0 saturated carbocycles. The number of aromatic nitrogens is 1. The van der Waals surface area contributed by atoms with Crippen LogP contribution in [0.4, 0.5) is 11.5 Å². The van der Waals surface area contributed by atoms with Crippen molar-refractivity contribution in [2.24, 2.45) is 0 Å². The monoisotopic (exact) mass is 297 g/mol. The Labute approximate surface area is 130 Å². The van der Waals surface area contributed by atoms with Crippen LogP contribution in [0.15, 0.2) is 55.3 Å². The quantitative estimate of drug-likeness (QED) is 0.769. The van der Waals surface area contributed by atoms with Gasteiger partial charge < -0.3 is 15.4 Å². The number of carbonyl (C=O) groups excluding carboxylic acids is 1. The van der Waals surface area contributed by atoms with Crippen molar-refractivity contribution in [1.82, 2.24) is 4.98 Å². The summed E-state index contributed by atoms with van der Waals surface area (Å²) in [5, 5.41) is 5.87. The molecule has 2 rings (SSSR count). The van der Waals surface area contributed by atoms with E-state index in [-0.39, 0.29) is 5.91 Å². The Bertz CT molecular complexity index is 621. The molecule has 0 saturated heterocycles. The number of hydrogen-bond donors (Lipinski definition) is 2. The zero-order valence-electron chi connectivity index (χ0n) is 12.5. The van der Waals surface area contributed by atoms with Crippen LogP contribution in [0, 0.1) is 0 Å². The second kappa shape index (κ2) is 7.83. The second-order valence-electron chi connectivity index (χ2n) is 4.51. The molecule has 1 heterocycles. The number of rotatable bonds is 7. The molecular formula is C17H19N3O2. The van der Waals surface area contributed by atoms with Gasteiger partial charge in [0.1, 0.15) is 11.6 Å². The first-order valence-corrected chi connectivity index (χ1v) is 7.08. The third-order valence-electron chi connectivity index (χ3n) is 2.88. The molecule has 0 radical (unpaired) electrons. The molecule has 2 N–H and O–H groups in total.